The number of pyridine rings is 1. The maximum absolute atomic E-state index is 12.6. The van der Waals surface area contributed by atoms with Gasteiger partial charge in [0.1, 0.15) is 5.82 Å². The summed E-state index contributed by atoms with van der Waals surface area (Å²) in [6, 6.07) is 10.8. The minimum atomic E-state index is -4.32. The summed E-state index contributed by atoms with van der Waals surface area (Å²) in [7, 11) is 0. The lowest BCUT2D eigenvalue weighted by Crippen LogP contribution is -2.04. The second-order valence-corrected chi connectivity index (χ2v) is 4.58. The smallest absolute Gasteiger partial charge is 0.297 e. The third-order valence-corrected chi connectivity index (χ3v) is 3.22. The summed E-state index contributed by atoms with van der Waals surface area (Å²) in [5.74, 6) is 0.645. The van der Waals surface area contributed by atoms with Gasteiger partial charge in [0.05, 0.1) is 17.3 Å². The summed E-state index contributed by atoms with van der Waals surface area (Å²) in [4.78, 5) is 4.30. The highest BCUT2D eigenvalue weighted by Gasteiger charge is 2.30. The van der Waals surface area contributed by atoms with Gasteiger partial charge in [-0.05, 0) is 31.2 Å². The van der Waals surface area contributed by atoms with Gasteiger partial charge < -0.3 is 0 Å². The molecule has 3 aromatic rings. The van der Waals surface area contributed by atoms with Gasteiger partial charge in [-0.2, -0.15) is 13.2 Å². The van der Waals surface area contributed by atoms with Gasteiger partial charge in [0.15, 0.2) is 0 Å². The van der Waals surface area contributed by atoms with Gasteiger partial charge in [0, 0.05) is 11.3 Å². The van der Waals surface area contributed by atoms with Crippen LogP contribution < -0.4 is 0 Å². The number of halogens is 3. The van der Waals surface area contributed by atoms with E-state index in [0.717, 1.165) is 23.3 Å². The SMILES string of the molecule is Cc1cccc2cnc(-c3ccc(C(F)(F)F)cc3)n12. The summed E-state index contributed by atoms with van der Waals surface area (Å²) >= 11 is 0. The Kier molecular flexibility index (Phi) is 2.78. The van der Waals surface area contributed by atoms with Gasteiger partial charge in [-0.3, -0.25) is 4.40 Å². The molecule has 0 radical (unpaired) electrons. The molecule has 2 nitrogen and oxygen atoms in total. The molecule has 2 aromatic heterocycles. The Morgan fingerprint density at radius 1 is 1.00 bits per heavy atom. The van der Waals surface area contributed by atoms with Crippen LogP contribution in [0.15, 0.2) is 48.7 Å². The van der Waals surface area contributed by atoms with Gasteiger partial charge in [0.25, 0.3) is 0 Å². The molecule has 0 unspecified atom stereocenters. The van der Waals surface area contributed by atoms with Gasteiger partial charge >= 0.3 is 6.18 Å². The largest absolute Gasteiger partial charge is 0.416 e. The molecule has 0 fully saturated rings. The normalized spacial score (nSPS) is 12.0. The molecule has 0 N–H and O–H groups in total. The van der Waals surface area contributed by atoms with Crippen molar-refractivity contribution in [3.05, 3.63) is 59.9 Å². The number of nitrogens with zero attached hydrogens (tertiary/aromatic N) is 2. The molecule has 3 rings (SSSR count). The lowest BCUT2D eigenvalue weighted by Gasteiger charge is -2.08. The standard InChI is InChI=1S/C15H11F3N2/c1-10-3-2-4-13-9-19-14(20(10)13)11-5-7-12(8-6-11)15(16,17)18/h2-9H,1H3. The highest BCUT2D eigenvalue weighted by atomic mass is 19.4. The highest BCUT2D eigenvalue weighted by molar-refractivity contribution is 5.63. The zero-order valence-corrected chi connectivity index (χ0v) is 10.6. The summed E-state index contributed by atoms with van der Waals surface area (Å²) in [6.07, 6.45) is -2.61. The molecule has 0 spiro atoms. The number of hydrogen-bond acceptors (Lipinski definition) is 1. The fraction of sp³-hybridized carbons (Fsp3) is 0.133. The summed E-state index contributed by atoms with van der Waals surface area (Å²) in [5, 5.41) is 0. The predicted molar refractivity (Wildman–Crippen MR) is 70.4 cm³/mol. The van der Waals surface area contributed by atoms with Crippen molar-refractivity contribution in [1.29, 1.82) is 0 Å². The molecule has 5 heteroatoms. The fourth-order valence-corrected chi connectivity index (χ4v) is 2.23. The van der Waals surface area contributed by atoms with Crippen LogP contribution in [-0.4, -0.2) is 9.38 Å². The van der Waals surface area contributed by atoms with E-state index in [1.165, 1.54) is 12.1 Å². The molecule has 0 aliphatic heterocycles. The molecule has 0 saturated carbocycles. The minimum absolute atomic E-state index is 0.645. The molecule has 0 saturated heterocycles. The van der Waals surface area contributed by atoms with Crippen molar-refractivity contribution in [3.63, 3.8) is 0 Å². The Morgan fingerprint density at radius 3 is 2.35 bits per heavy atom. The van der Waals surface area contributed by atoms with E-state index < -0.39 is 11.7 Å². The third kappa shape index (κ3) is 2.05. The number of imidazole rings is 1. The number of aromatic nitrogens is 2. The lowest BCUT2D eigenvalue weighted by molar-refractivity contribution is -0.137. The number of benzene rings is 1. The average Bonchev–Trinajstić information content (AvgIpc) is 2.83. The predicted octanol–water partition coefficient (Wildman–Crippen LogP) is 4.33. The van der Waals surface area contributed by atoms with E-state index in [9.17, 15) is 13.2 Å². The molecule has 0 aliphatic carbocycles. The Balaban J connectivity index is 2.12. The van der Waals surface area contributed by atoms with Crippen molar-refractivity contribution < 1.29 is 13.2 Å². The topological polar surface area (TPSA) is 17.3 Å². The Morgan fingerprint density at radius 2 is 1.70 bits per heavy atom. The first-order valence-corrected chi connectivity index (χ1v) is 6.07. The van der Waals surface area contributed by atoms with Crippen molar-refractivity contribution >= 4 is 5.52 Å². The molecular weight excluding hydrogens is 265 g/mol. The van der Waals surface area contributed by atoms with Crippen LogP contribution >= 0.6 is 0 Å². The van der Waals surface area contributed by atoms with E-state index in [1.54, 1.807) is 6.20 Å². The second kappa shape index (κ2) is 4.37. The van der Waals surface area contributed by atoms with Gasteiger partial charge in [-0.15, -0.1) is 0 Å². The van der Waals surface area contributed by atoms with E-state index in [4.69, 9.17) is 0 Å². The Hall–Kier alpha value is -2.30. The van der Waals surface area contributed by atoms with Crippen LogP contribution in [0.3, 0.4) is 0 Å². The Labute approximate surface area is 113 Å². The van der Waals surface area contributed by atoms with E-state index in [1.807, 2.05) is 29.5 Å². The fourth-order valence-electron chi connectivity index (χ4n) is 2.23. The number of fused-ring (bicyclic) bond motifs is 1. The molecule has 20 heavy (non-hydrogen) atoms. The first-order valence-electron chi connectivity index (χ1n) is 6.07. The van der Waals surface area contributed by atoms with Crippen LogP contribution in [0, 0.1) is 6.92 Å². The molecule has 0 bridgehead atoms. The molecule has 1 aromatic carbocycles. The molecule has 0 atom stereocenters. The number of aryl methyl sites for hydroxylation is 1. The maximum Gasteiger partial charge on any atom is 0.416 e. The van der Waals surface area contributed by atoms with Crippen molar-refractivity contribution in [2.75, 3.05) is 0 Å². The zero-order valence-electron chi connectivity index (χ0n) is 10.6. The summed E-state index contributed by atoms with van der Waals surface area (Å²) in [5.41, 5.74) is 1.90. The highest BCUT2D eigenvalue weighted by Crippen LogP contribution is 2.31. The first-order chi connectivity index (χ1) is 9.47. The van der Waals surface area contributed by atoms with Crippen LogP contribution in [-0.2, 0) is 6.18 Å². The molecular formula is C15H11F3N2. The van der Waals surface area contributed by atoms with Gasteiger partial charge in [-0.25, -0.2) is 4.98 Å². The molecule has 102 valence electrons. The minimum Gasteiger partial charge on any atom is -0.297 e. The number of alkyl halides is 3. The maximum atomic E-state index is 12.6. The average molecular weight is 276 g/mol. The molecule has 0 amide bonds. The molecule has 0 aliphatic rings. The van der Waals surface area contributed by atoms with Crippen molar-refractivity contribution in [2.24, 2.45) is 0 Å². The summed E-state index contributed by atoms with van der Waals surface area (Å²) < 4.78 is 39.6. The second-order valence-electron chi connectivity index (χ2n) is 4.58. The van der Waals surface area contributed by atoms with Crippen molar-refractivity contribution in [2.45, 2.75) is 13.1 Å². The molecule has 2 heterocycles. The van der Waals surface area contributed by atoms with E-state index >= 15 is 0 Å². The van der Waals surface area contributed by atoms with Crippen LogP contribution in [0.25, 0.3) is 16.9 Å². The first kappa shape index (κ1) is 12.7. The van der Waals surface area contributed by atoms with Crippen LogP contribution in [0.1, 0.15) is 11.3 Å². The summed E-state index contributed by atoms with van der Waals surface area (Å²) in [6.45, 7) is 1.93. The quantitative estimate of drug-likeness (QED) is 0.646. The number of hydrogen-bond donors (Lipinski definition) is 0. The van der Waals surface area contributed by atoms with Crippen molar-refractivity contribution in [1.82, 2.24) is 9.38 Å². The lowest BCUT2D eigenvalue weighted by atomic mass is 10.1. The zero-order chi connectivity index (χ0) is 14.3. The van der Waals surface area contributed by atoms with Crippen LogP contribution in [0.2, 0.25) is 0 Å². The van der Waals surface area contributed by atoms with Gasteiger partial charge in [-0.1, -0.05) is 18.2 Å². The van der Waals surface area contributed by atoms with Gasteiger partial charge in [0.2, 0.25) is 0 Å². The van der Waals surface area contributed by atoms with Crippen LogP contribution in [0.4, 0.5) is 13.2 Å². The Bertz CT molecular complexity index is 755. The monoisotopic (exact) mass is 276 g/mol. The number of rotatable bonds is 1. The van der Waals surface area contributed by atoms with E-state index in [-0.39, 0.29) is 0 Å². The van der Waals surface area contributed by atoms with Crippen molar-refractivity contribution in [3.8, 4) is 11.4 Å². The van der Waals surface area contributed by atoms with Crippen LogP contribution in [0.5, 0.6) is 0 Å². The third-order valence-electron chi connectivity index (χ3n) is 3.22. The van der Waals surface area contributed by atoms with E-state index in [2.05, 4.69) is 4.98 Å². The van der Waals surface area contributed by atoms with E-state index in [0.29, 0.717) is 11.4 Å².